The van der Waals surface area contributed by atoms with E-state index < -0.39 is 5.60 Å². The van der Waals surface area contributed by atoms with Crippen LogP contribution in [0.25, 0.3) is 11.0 Å². The fourth-order valence-corrected chi connectivity index (χ4v) is 2.22. The summed E-state index contributed by atoms with van der Waals surface area (Å²) >= 11 is 0. The quantitative estimate of drug-likeness (QED) is 0.794. The third kappa shape index (κ3) is 3.15. The van der Waals surface area contributed by atoms with Crippen LogP contribution in [-0.4, -0.2) is 47.3 Å². The van der Waals surface area contributed by atoms with E-state index in [9.17, 15) is 5.11 Å². The number of hydrogen-bond donors (Lipinski definition) is 1. The third-order valence-corrected chi connectivity index (χ3v) is 3.21. The number of nitrogens with zero attached hydrogens (tertiary/aromatic N) is 3. The zero-order valence-electron chi connectivity index (χ0n) is 12.1. The predicted octanol–water partition coefficient (Wildman–Crippen LogP) is 1.18. The first kappa shape index (κ1) is 13.9. The fraction of sp³-hybridized carbons (Fsp3) is 0.467. The highest BCUT2D eigenvalue weighted by molar-refractivity contribution is 5.89. The third-order valence-electron chi connectivity index (χ3n) is 3.21. The zero-order valence-corrected chi connectivity index (χ0v) is 12.1. The lowest BCUT2D eigenvalue weighted by Gasteiger charge is -2.28. The minimum Gasteiger partial charge on any atom is -0.378 e. The molecule has 0 atom stereocenters. The first-order chi connectivity index (χ1) is 10.0. The monoisotopic (exact) mass is 287 g/mol. The molecule has 2 heterocycles. The second-order valence-corrected chi connectivity index (χ2v) is 5.54. The van der Waals surface area contributed by atoms with Gasteiger partial charge in [0.1, 0.15) is 11.1 Å². The number of morpholine rings is 1. The van der Waals surface area contributed by atoms with Gasteiger partial charge in [-0.2, -0.15) is 0 Å². The summed E-state index contributed by atoms with van der Waals surface area (Å²) in [5, 5.41) is 17.6. The fourth-order valence-electron chi connectivity index (χ4n) is 2.22. The summed E-state index contributed by atoms with van der Waals surface area (Å²) in [6, 6.07) is 3.77. The molecule has 0 aliphatic carbocycles. The summed E-state index contributed by atoms with van der Waals surface area (Å²) in [7, 11) is 0. The van der Waals surface area contributed by atoms with Crippen molar-refractivity contribution in [1.82, 2.24) is 10.3 Å². The van der Waals surface area contributed by atoms with Gasteiger partial charge in [0.15, 0.2) is 5.52 Å². The molecule has 1 aliphatic heterocycles. The van der Waals surface area contributed by atoms with Crippen molar-refractivity contribution < 1.29 is 14.5 Å². The van der Waals surface area contributed by atoms with Gasteiger partial charge in [-0.05, 0) is 36.3 Å². The average molecular weight is 287 g/mol. The Morgan fingerprint density at radius 3 is 2.71 bits per heavy atom. The molecule has 1 fully saturated rings. The molecule has 0 bridgehead atoms. The molecule has 1 saturated heterocycles. The summed E-state index contributed by atoms with van der Waals surface area (Å²) < 4.78 is 10.2. The minimum atomic E-state index is -1.03. The number of aliphatic hydroxyl groups is 1. The molecule has 6 heteroatoms. The smallest absolute Gasteiger partial charge is 0.158 e. The van der Waals surface area contributed by atoms with Gasteiger partial charge in [0.05, 0.1) is 18.9 Å². The van der Waals surface area contributed by atoms with Gasteiger partial charge in [0.25, 0.3) is 0 Å². The molecule has 6 nitrogen and oxygen atoms in total. The van der Waals surface area contributed by atoms with Crippen LogP contribution in [0.4, 0.5) is 5.69 Å². The van der Waals surface area contributed by atoms with E-state index in [1.807, 2.05) is 12.1 Å². The highest BCUT2D eigenvalue weighted by Gasteiger charge is 2.17. The Kier molecular flexibility index (Phi) is 3.53. The maximum Gasteiger partial charge on any atom is 0.158 e. The molecule has 0 unspecified atom stereocenters. The van der Waals surface area contributed by atoms with Crippen molar-refractivity contribution in [3.05, 3.63) is 17.7 Å². The second-order valence-electron chi connectivity index (χ2n) is 5.54. The number of benzene rings is 1. The molecule has 0 amide bonds. The summed E-state index contributed by atoms with van der Waals surface area (Å²) in [6.07, 6.45) is 0. The highest BCUT2D eigenvalue weighted by atomic mass is 16.6. The summed E-state index contributed by atoms with van der Waals surface area (Å²) in [6.45, 7) is 6.27. The molecule has 110 valence electrons. The van der Waals surface area contributed by atoms with E-state index in [2.05, 4.69) is 27.1 Å². The van der Waals surface area contributed by atoms with Gasteiger partial charge in [0, 0.05) is 18.7 Å². The molecule has 3 rings (SSSR count). The van der Waals surface area contributed by atoms with Gasteiger partial charge in [0.2, 0.25) is 0 Å². The highest BCUT2D eigenvalue weighted by Crippen LogP contribution is 2.27. The number of aromatic nitrogens is 2. The molecule has 1 aromatic heterocycles. The maximum absolute atomic E-state index is 9.72. The normalized spacial score (nSPS) is 15.9. The van der Waals surface area contributed by atoms with E-state index in [0.29, 0.717) is 18.7 Å². The van der Waals surface area contributed by atoms with Gasteiger partial charge in [-0.15, -0.1) is 0 Å². The Hall–Kier alpha value is -2.10. The van der Waals surface area contributed by atoms with Crippen molar-refractivity contribution in [3.63, 3.8) is 0 Å². The van der Waals surface area contributed by atoms with Crippen molar-refractivity contribution >= 4 is 16.7 Å². The predicted molar refractivity (Wildman–Crippen MR) is 78.0 cm³/mol. The largest absolute Gasteiger partial charge is 0.378 e. The van der Waals surface area contributed by atoms with E-state index >= 15 is 0 Å². The first-order valence-corrected chi connectivity index (χ1v) is 6.87. The standard InChI is InChI=1S/C15H17N3O3/c1-15(2,19)4-3-11-9-12-14(17-21-16-12)13(10-11)18-5-7-20-8-6-18/h9-10,19H,5-8H2,1-2H3. The second kappa shape index (κ2) is 5.35. The van der Waals surface area contributed by atoms with Gasteiger partial charge >= 0.3 is 0 Å². The maximum atomic E-state index is 9.72. The van der Waals surface area contributed by atoms with Crippen molar-refractivity contribution in [2.75, 3.05) is 31.2 Å². The number of rotatable bonds is 1. The van der Waals surface area contributed by atoms with Crippen LogP contribution < -0.4 is 4.90 Å². The van der Waals surface area contributed by atoms with E-state index in [1.165, 1.54) is 0 Å². The Labute approximate surface area is 122 Å². The molecule has 0 saturated carbocycles. The summed E-state index contributed by atoms with van der Waals surface area (Å²) in [5.74, 6) is 5.79. The van der Waals surface area contributed by atoms with E-state index in [4.69, 9.17) is 9.37 Å². The lowest BCUT2D eigenvalue weighted by atomic mass is 10.1. The van der Waals surface area contributed by atoms with Crippen LogP contribution in [-0.2, 0) is 4.74 Å². The van der Waals surface area contributed by atoms with Crippen LogP contribution in [0.2, 0.25) is 0 Å². The minimum absolute atomic E-state index is 0.666. The van der Waals surface area contributed by atoms with Crippen LogP contribution in [0.5, 0.6) is 0 Å². The van der Waals surface area contributed by atoms with Gasteiger partial charge in [-0.25, -0.2) is 4.63 Å². The molecule has 0 spiro atoms. The van der Waals surface area contributed by atoms with E-state index in [-0.39, 0.29) is 0 Å². The van der Waals surface area contributed by atoms with Crippen LogP contribution in [0.15, 0.2) is 16.8 Å². The number of ether oxygens (including phenoxy) is 1. The van der Waals surface area contributed by atoms with Crippen LogP contribution in [0, 0.1) is 11.8 Å². The van der Waals surface area contributed by atoms with Crippen LogP contribution in [0.3, 0.4) is 0 Å². The lowest BCUT2D eigenvalue weighted by molar-refractivity contribution is 0.123. The van der Waals surface area contributed by atoms with Gasteiger partial charge < -0.3 is 14.7 Å². The molecule has 21 heavy (non-hydrogen) atoms. The molecule has 1 aliphatic rings. The van der Waals surface area contributed by atoms with Crippen molar-refractivity contribution in [1.29, 1.82) is 0 Å². The van der Waals surface area contributed by atoms with Crippen molar-refractivity contribution in [3.8, 4) is 11.8 Å². The topological polar surface area (TPSA) is 71.6 Å². The zero-order chi connectivity index (χ0) is 14.9. The molecular weight excluding hydrogens is 270 g/mol. The average Bonchev–Trinajstić information content (AvgIpc) is 2.92. The number of anilines is 1. The molecule has 1 N–H and O–H groups in total. The summed E-state index contributed by atoms with van der Waals surface area (Å²) in [4.78, 5) is 2.19. The molecule has 1 aromatic carbocycles. The van der Waals surface area contributed by atoms with Crippen molar-refractivity contribution in [2.45, 2.75) is 19.4 Å². The Morgan fingerprint density at radius 1 is 1.24 bits per heavy atom. The Bertz CT molecular complexity index is 700. The van der Waals surface area contributed by atoms with Crippen LogP contribution in [0.1, 0.15) is 19.4 Å². The first-order valence-electron chi connectivity index (χ1n) is 6.87. The lowest BCUT2D eigenvalue weighted by Crippen LogP contribution is -2.36. The molecule has 2 aromatic rings. The SMILES string of the molecule is CC(C)(O)C#Cc1cc(N2CCOCC2)c2nonc2c1. The number of hydrogen-bond acceptors (Lipinski definition) is 6. The van der Waals surface area contributed by atoms with E-state index in [0.717, 1.165) is 29.9 Å². The Balaban J connectivity index is 2.04. The van der Waals surface area contributed by atoms with Crippen molar-refractivity contribution in [2.24, 2.45) is 0 Å². The van der Waals surface area contributed by atoms with E-state index in [1.54, 1.807) is 13.8 Å². The molecular formula is C15H17N3O3. The van der Waals surface area contributed by atoms with Crippen LogP contribution >= 0.6 is 0 Å². The Morgan fingerprint density at radius 2 is 2.00 bits per heavy atom. The summed E-state index contributed by atoms with van der Waals surface area (Å²) in [5.41, 5.74) is 2.08. The van der Waals surface area contributed by atoms with Gasteiger partial charge in [-0.1, -0.05) is 11.8 Å². The molecule has 0 radical (unpaired) electrons. The number of fused-ring (bicyclic) bond motifs is 1. The van der Waals surface area contributed by atoms with Gasteiger partial charge in [-0.3, -0.25) is 0 Å².